The van der Waals surface area contributed by atoms with E-state index in [0.717, 1.165) is 16.9 Å². The maximum absolute atomic E-state index is 17.4. The minimum Gasteiger partial charge on any atom is -0.501 e. The number of halogens is 1. The number of nitrogens with zero attached hydrogens (tertiary/aromatic N) is 1. The van der Waals surface area contributed by atoms with Crippen LogP contribution in [0, 0.1) is 36.2 Å². The Balaban J connectivity index is 1.60. The molecule has 0 spiro atoms. The van der Waals surface area contributed by atoms with Gasteiger partial charge in [-0.3, -0.25) is 0 Å². The zero-order chi connectivity index (χ0) is 26.1. The van der Waals surface area contributed by atoms with Crippen LogP contribution >= 0.6 is 0 Å². The van der Waals surface area contributed by atoms with Gasteiger partial charge in [0.1, 0.15) is 5.67 Å². The van der Waals surface area contributed by atoms with Crippen LogP contribution in [0.4, 0.5) is 4.39 Å². The van der Waals surface area contributed by atoms with Crippen molar-refractivity contribution in [2.75, 3.05) is 7.11 Å². The van der Waals surface area contributed by atoms with E-state index in [4.69, 9.17) is 11.3 Å². The van der Waals surface area contributed by atoms with Gasteiger partial charge in [0, 0.05) is 17.8 Å². The average Bonchev–Trinajstić information content (AvgIpc) is 3.16. The molecule has 0 amide bonds. The number of ether oxygens (including phenoxy) is 1. The van der Waals surface area contributed by atoms with Crippen LogP contribution in [0.25, 0.3) is 4.85 Å². The molecular formula is C29H34FNO4S. The number of aryl methyl sites for hydroxylation is 1. The van der Waals surface area contributed by atoms with Gasteiger partial charge in [0.25, 0.3) is 5.03 Å². The molecule has 0 aromatic heterocycles. The summed E-state index contributed by atoms with van der Waals surface area (Å²) < 4.78 is 49.9. The molecule has 1 N–H and O–H groups in total. The fourth-order valence-corrected chi connectivity index (χ4v) is 9.25. The second-order valence-corrected chi connectivity index (χ2v) is 13.3. The predicted molar refractivity (Wildman–Crippen MR) is 136 cm³/mol. The van der Waals surface area contributed by atoms with Crippen molar-refractivity contribution in [3.8, 4) is 0 Å². The Hall–Kier alpha value is -2.43. The van der Waals surface area contributed by atoms with Gasteiger partial charge < -0.3 is 9.84 Å². The second-order valence-electron chi connectivity index (χ2n) is 11.4. The Labute approximate surface area is 213 Å². The topological polar surface area (TPSA) is 68.0 Å². The van der Waals surface area contributed by atoms with Crippen LogP contribution in [-0.2, 0) is 14.6 Å². The first kappa shape index (κ1) is 25.2. The molecule has 0 aliphatic heterocycles. The summed E-state index contributed by atoms with van der Waals surface area (Å²) in [5, 5.41) is 11.3. The highest BCUT2D eigenvalue weighted by Gasteiger charge is 2.69. The molecule has 0 saturated heterocycles. The number of sulfone groups is 1. The van der Waals surface area contributed by atoms with Gasteiger partial charge in [-0.2, -0.15) is 0 Å². The summed E-state index contributed by atoms with van der Waals surface area (Å²) in [6.45, 7) is 13.6. The first-order valence-electron chi connectivity index (χ1n) is 12.7. The van der Waals surface area contributed by atoms with E-state index in [-0.39, 0.29) is 22.3 Å². The van der Waals surface area contributed by atoms with E-state index in [1.54, 1.807) is 19.2 Å². The Morgan fingerprint density at radius 3 is 2.53 bits per heavy atom. The summed E-state index contributed by atoms with van der Waals surface area (Å²) in [5.41, 5.74) is -1.08. The number of fused-ring (bicyclic) bond motifs is 5. The molecule has 0 heterocycles. The summed E-state index contributed by atoms with van der Waals surface area (Å²) in [6.07, 6.45) is 5.50. The van der Waals surface area contributed by atoms with Crippen molar-refractivity contribution >= 4 is 9.84 Å². The number of methoxy groups -OCH3 is 1. The number of aliphatic hydroxyl groups is 1. The number of alkyl halides is 1. The van der Waals surface area contributed by atoms with Crippen LogP contribution in [0.15, 0.2) is 63.2 Å². The third-order valence-corrected chi connectivity index (χ3v) is 11.6. The first-order valence-corrected chi connectivity index (χ1v) is 14.2. The molecule has 36 heavy (non-hydrogen) atoms. The standard InChI is InChI=1S/C29H34FNO4S/c1-18-6-9-21(10-7-18)36(33,34)26(31-4)24-13-12-22-23-11-8-19-16-20(35-5)14-15-28(19,3)29(23,30)25(32)17-27(22,24)2/h6-10,16,22-23,25,32H,11-15,17H2,1-3,5H3/b26-24-/t22-,23-,25-,27-,28-,29-/m0/s1. The van der Waals surface area contributed by atoms with Gasteiger partial charge in [0.15, 0.2) is 0 Å². The number of hydrogen-bond acceptors (Lipinski definition) is 4. The van der Waals surface area contributed by atoms with Crippen molar-refractivity contribution in [3.05, 3.63) is 75.3 Å². The summed E-state index contributed by atoms with van der Waals surface area (Å²) >= 11 is 0. The molecule has 0 radical (unpaired) electrons. The van der Waals surface area contributed by atoms with E-state index in [0.29, 0.717) is 37.7 Å². The molecule has 1 aromatic rings. The Bertz CT molecular complexity index is 1340. The molecule has 2 fully saturated rings. The second kappa shape index (κ2) is 8.29. The zero-order valence-electron chi connectivity index (χ0n) is 21.3. The van der Waals surface area contributed by atoms with Gasteiger partial charge in [-0.25, -0.2) is 17.7 Å². The number of aliphatic hydroxyl groups excluding tert-OH is 1. The van der Waals surface area contributed by atoms with Crippen molar-refractivity contribution in [1.29, 1.82) is 0 Å². The molecule has 2 saturated carbocycles. The predicted octanol–water partition coefficient (Wildman–Crippen LogP) is 6.07. The van der Waals surface area contributed by atoms with Gasteiger partial charge in [0.2, 0.25) is 9.84 Å². The maximum Gasteiger partial charge on any atom is 0.282 e. The lowest BCUT2D eigenvalue weighted by Gasteiger charge is -2.61. The molecule has 4 aliphatic carbocycles. The minimum absolute atomic E-state index is 0.0931. The van der Waals surface area contributed by atoms with Crippen LogP contribution in [0.2, 0.25) is 0 Å². The number of hydrogen-bond donors (Lipinski definition) is 1. The normalized spacial score (nSPS) is 39.1. The SMILES string of the molecule is [C-]#[N+]/C(=C1\CC[C@H]2[C@@H]3CC=C4C=C(OC)CC[C@]4(C)[C@@]3(F)[C@@H](O)C[C@]12C)S(=O)(=O)c1ccc(C)cc1. The zero-order valence-corrected chi connectivity index (χ0v) is 22.2. The Morgan fingerprint density at radius 1 is 1.19 bits per heavy atom. The van der Waals surface area contributed by atoms with Crippen LogP contribution in [0.5, 0.6) is 0 Å². The molecule has 192 valence electrons. The lowest BCUT2D eigenvalue weighted by atomic mass is 9.46. The monoisotopic (exact) mass is 511 g/mol. The molecule has 0 bridgehead atoms. The summed E-state index contributed by atoms with van der Waals surface area (Å²) in [5.74, 6) is 0.211. The Kier molecular flexibility index (Phi) is 5.81. The summed E-state index contributed by atoms with van der Waals surface area (Å²) in [7, 11) is -2.40. The van der Waals surface area contributed by atoms with E-state index in [1.165, 1.54) is 12.1 Å². The van der Waals surface area contributed by atoms with Crippen LogP contribution in [0.3, 0.4) is 0 Å². The number of allylic oxidation sites excluding steroid dienone is 5. The van der Waals surface area contributed by atoms with Crippen LogP contribution in [-0.4, -0.2) is 32.4 Å². The molecule has 0 unspecified atom stereocenters. The average molecular weight is 512 g/mol. The molecule has 5 rings (SSSR count). The lowest BCUT2D eigenvalue weighted by Crippen LogP contribution is -2.66. The summed E-state index contributed by atoms with van der Waals surface area (Å²) in [6, 6.07) is 6.51. The smallest absolute Gasteiger partial charge is 0.282 e. The van der Waals surface area contributed by atoms with Gasteiger partial charge >= 0.3 is 0 Å². The quantitative estimate of drug-likeness (QED) is 0.501. The van der Waals surface area contributed by atoms with Crippen molar-refractivity contribution in [1.82, 2.24) is 0 Å². The summed E-state index contributed by atoms with van der Waals surface area (Å²) in [4.78, 5) is 3.65. The van der Waals surface area contributed by atoms with Crippen molar-refractivity contribution < 1.29 is 22.7 Å². The maximum atomic E-state index is 17.4. The van der Waals surface area contributed by atoms with Crippen molar-refractivity contribution in [2.24, 2.45) is 22.7 Å². The highest BCUT2D eigenvalue weighted by molar-refractivity contribution is 7.95. The molecular weight excluding hydrogens is 477 g/mol. The molecule has 6 atom stereocenters. The number of rotatable bonds is 3. The van der Waals surface area contributed by atoms with E-state index in [2.05, 4.69) is 10.9 Å². The van der Waals surface area contributed by atoms with Crippen molar-refractivity contribution in [2.45, 2.75) is 76.0 Å². The highest BCUT2D eigenvalue weighted by atomic mass is 32.2. The molecule has 5 nitrogen and oxygen atoms in total. The van der Waals surface area contributed by atoms with Gasteiger partial charge in [0.05, 0.1) is 30.4 Å². The Morgan fingerprint density at radius 2 is 1.89 bits per heavy atom. The van der Waals surface area contributed by atoms with Gasteiger partial charge in [-0.15, -0.1) is 0 Å². The fourth-order valence-electron chi connectivity index (χ4n) is 7.75. The van der Waals surface area contributed by atoms with E-state index >= 15 is 4.39 Å². The van der Waals surface area contributed by atoms with Gasteiger partial charge in [-0.05, 0) is 79.7 Å². The number of benzene rings is 1. The third kappa shape index (κ3) is 3.23. The molecule has 1 aromatic carbocycles. The van der Waals surface area contributed by atoms with E-state index in [9.17, 15) is 13.5 Å². The lowest BCUT2D eigenvalue weighted by molar-refractivity contribution is -0.189. The van der Waals surface area contributed by atoms with Crippen molar-refractivity contribution in [3.63, 3.8) is 0 Å². The minimum atomic E-state index is -4.03. The van der Waals surface area contributed by atoms with E-state index < -0.39 is 38.4 Å². The largest absolute Gasteiger partial charge is 0.501 e. The first-order chi connectivity index (χ1) is 16.9. The third-order valence-electron chi connectivity index (χ3n) is 9.81. The van der Waals surface area contributed by atoms with Crippen LogP contribution < -0.4 is 0 Å². The molecule has 7 heteroatoms. The van der Waals surface area contributed by atoms with E-state index in [1.807, 2.05) is 26.8 Å². The van der Waals surface area contributed by atoms with Crippen LogP contribution in [0.1, 0.15) is 57.9 Å². The van der Waals surface area contributed by atoms with Gasteiger partial charge in [-0.1, -0.05) is 37.6 Å². The molecule has 4 aliphatic rings. The fraction of sp³-hybridized carbons (Fsp3) is 0.552. The highest BCUT2D eigenvalue weighted by Crippen LogP contribution is 2.69.